The first-order valence-electron chi connectivity index (χ1n) is 8.80. The Bertz CT molecular complexity index is 921. The van der Waals surface area contributed by atoms with Gasteiger partial charge in [-0.05, 0) is 31.2 Å². The predicted molar refractivity (Wildman–Crippen MR) is 107 cm³/mol. The third kappa shape index (κ3) is 4.06. The number of aromatic nitrogens is 3. The lowest BCUT2D eigenvalue weighted by atomic mass is 10.3. The van der Waals surface area contributed by atoms with E-state index in [2.05, 4.69) is 25.2 Å². The fraction of sp³-hybridized carbons (Fsp3) is 0.263. The standard InChI is InChI=1S/C19H20N6OS/c1-14-5-4-6-16(21-14)23-19-22-15(13-27-19)18(26)25-11-9-24(10-12-25)17-7-2-3-8-20-17/h2-8,13H,9-12H2,1H3,(H,21,22,23). The van der Waals surface area contributed by atoms with E-state index in [1.807, 2.05) is 48.2 Å². The smallest absolute Gasteiger partial charge is 0.273 e. The van der Waals surface area contributed by atoms with Crippen LogP contribution in [0.15, 0.2) is 48.0 Å². The largest absolute Gasteiger partial charge is 0.353 e. The number of rotatable bonds is 4. The molecule has 0 atom stereocenters. The summed E-state index contributed by atoms with van der Waals surface area (Å²) in [6.07, 6.45) is 1.79. The maximum atomic E-state index is 12.8. The molecule has 0 radical (unpaired) electrons. The van der Waals surface area contributed by atoms with Crippen LogP contribution in [-0.2, 0) is 0 Å². The summed E-state index contributed by atoms with van der Waals surface area (Å²) in [5.41, 5.74) is 1.40. The van der Waals surface area contributed by atoms with Crippen molar-refractivity contribution in [1.82, 2.24) is 19.9 Å². The van der Waals surface area contributed by atoms with Crippen LogP contribution in [0.5, 0.6) is 0 Å². The van der Waals surface area contributed by atoms with Crippen molar-refractivity contribution in [2.24, 2.45) is 0 Å². The van der Waals surface area contributed by atoms with E-state index in [9.17, 15) is 4.79 Å². The maximum Gasteiger partial charge on any atom is 0.273 e. The Morgan fingerprint density at radius 3 is 2.67 bits per heavy atom. The molecule has 4 rings (SSSR count). The zero-order chi connectivity index (χ0) is 18.6. The molecule has 0 unspecified atom stereocenters. The first-order valence-corrected chi connectivity index (χ1v) is 9.68. The highest BCUT2D eigenvalue weighted by molar-refractivity contribution is 7.14. The molecule has 0 bridgehead atoms. The van der Waals surface area contributed by atoms with Crippen molar-refractivity contribution in [3.63, 3.8) is 0 Å². The van der Waals surface area contributed by atoms with Gasteiger partial charge in [-0.25, -0.2) is 15.0 Å². The second kappa shape index (κ2) is 7.71. The van der Waals surface area contributed by atoms with E-state index in [0.717, 1.165) is 30.4 Å². The average molecular weight is 380 g/mol. The van der Waals surface area contributed by atoms with Crippen molar-refractivity contribution >= 4 is 34.0 Å². The van der Waals surface area contributed by atoms with E-state index >= 15 is 0 Å². The lowest BCUT2D eigenvalue weighted by Crippen LogP contribution is -2.49. The van der Waals surface area contributed by atoms with Crippen LogP contribution in [0.2, 0.25) is 0 Å². The van der Waals surface area contributed by atoms with Gasteiger partial charge in [-0.1, -0.05) is 12.1 Å². The van der Waals surface area contributed by atoms with Crippen LogP contribution >= 0.6 is 11.3 Å². The Morgan fingerprint density at radius 2 is 1.93 bits per heavy atom. The van der Waals surface area contributed by atoms with Crippen LogP contribution in [0.4, 0.5) is 16.8 Å². The molecule has 0 aliphatic carbocycles. The van der Waals surface area contributed by atoms with Gasteiger partial charge in [0.2, 0.25) is 0 Å². The second-order valence-electron chi connectivity index (χ2n) is 6.29. The van der Waals surface area contributed by atoms with Gasteiger partial charge in [-0.15, -0.1) is 11.3 Å². The molecule has 3 aromatic heterocycles. The number of hydrogen-bond donors (Lipinski definition) is 1. The first kappa shape index (κ1) is 17.4. The molecule has 138 valence electrons. The molecule has 1 N–H and O–H groups in total. The minimum Gasteiger partial charge on any atom is -0.353 e. The lowest BCUT2D eigenvalue weighted by Gasteiger charge is -2.35. The Labute approximate surface area is 161 Å². The van der Waals surface area contributed by atoms with E-state index in [4.69, 9.17) is 0 Å². The fourth-order valence-corrected chi connectivity index (χ4v) is 3.68. The molecule has 7 nitrogen and oxygen atoms in total. The SMILES string of the molecule is Cc1cccc(Nc2nc(C(=O)N3CCN(c4ccccn4)CC3)cs2)n1. The maximum absolute atomic E-state index is 12.8. The zero-order valence-electron chi connectivity index (χ0n) is 15.0. The van der Waals surface area contributed by atoms with Crippen LogP contribution in [0.1, 0.15) is 16.2 Å². The van der Waals surface area contributed by atoms with E-state index in [-0.39, 0.29) is 5.91 Å². The number of carbonyl (C=O) groups excluding carboxylic acids is 1. The van der Waals surface area contributed by atoms with Gasteiger partial charge in [0.05, 0.1) is 0 Å². The minimum absolute atomic E-state index is 0.0304. The van der Waals surface area contributed by atoms with Crippen molar-refractivity contribution in [3.05, 3.63) is 59.4 Å². The number of amides is 1. The molecule has 0 spiro atoms. The number of anilines is 3. The lowest BCUT2D eigenvalue weighted by molar-refractivity contribution is 0.0741. The molecule has 4 heterocycles. The molecule has 1 aliphatic rings. The highest BCUT2D eigenvalue weighted by atomic mass is 32.1. The van der Waals surface area contributed by atoms with Crippen LogP contribution in [0.25, 0.3) is 0 Å². The molecule has 1 amide bonds. The molecular formula is C19H20N6OS. The zero-order valence-corrected chi connectivity index (χ0v) is 15.8. The molecule has 27 heavy (non-hydrogen) atoms. The van der Waals surface area contributed by atoms with Crippen LogP contribution in [0, 0.1) is 6.92 Å². The Morgan fingerprint density at radius 1 is 1.07 bits per heavy atom. The van der Waals surface area contributed by atoms with Crippen molar-refractivity contribution in [2.45, 2.75) is 6.92 Å². The molecule has 1 aliphatic heterocycles. The van der Waals surface area contributed by atoms with Crippen LogP contribution in [-0.4, -0.2) is 51.9 Å². The van der Waals surface area contributed by atoms with Crippen molar-refractivity contribution in [2.75, 3.05) is 36.4 Å². The van der Waals surface area contributed by atoms with Crippen molar-refractivity contribution in [1.29, 1.82) is 0 Å². The average Bonchev–Trinajstić information content (AvgIpc) is 3.17. The number of pyridine rings is 2. The first-order chi connectivity index (χ1) is 13.2. The number of nitrogens with zero attached hydrogens (tertiary/aromatic N) is 5. The monoisotopic (exact) mass is 380 g/mol. The summed E-state index contributed by atoms with van der Waals surface area (Å²) < 4.78 is 0. The Hall–Kier alpha value is -3.00. The van der Waals surface area contributed by atoms with E-state index < -0.39 is 0 Å². The van der Waals surface area contributed by atoms with Crippen LogP contribution < -0.4 is 10.2 Å². The van der Waals surface area contributed by atoms with E-state index in [0.29, 0.717) is 23.9 Å². The number of carbonyl (C=O) groups is 1. The molecule has 0 saturated carbocycles. The number of thiazole rings is 1. The van der Waals surface area contributed by atoms with Gasteiger partial charge in [-0.2, -0.15) is 0 Å². The number of aryl methyl sites for hydroxylation is 1. The number of hydrogen-bond acceptors (Lipinski definition) is 7. The third-order valence-electron chi connectivity index (χ3n) is 4.39. The Balaban J connectivity index is 1.37. The summed E-state index contributed by atoms with van der Waals surface area (Å²) in [5.74, 6) is 1.65. The number of piperazine rings is 1. The Kier molecular flexibility index (Phi) is 4.97. The van der Waals surface area contributed by atoms with Gasteiger partial charge in [0.1, 0.15) is 17.3 Å². The van der Waals surface area contributed by atoms with Gasteiger partial charge < -0.3 is 15.1 Å². The van der Waals surface area contributed by atoms with E-state index in [1.54, 1.807) is 11.6 Å². The third-order valence-corrected chi connectivity index (χ3v) is 5.14. The highest BCUT2D eigenvalue weighted by Gasteiger charge is 2.24. The van der Waals surface area contributed by atoms with Gasteiger partial charge in [0.25, 0.3) is 5.91 Å². The van der Waals surface area contributed by atoms with Crippen molar-refractivity contribution < 1.29 is 4.79 Å². The van der Waals surface area contributed by atoms with Gasteiger partial charge in [0, 0.05) is 43.4 Å². The van der Waals surface area contributed by atoms with Crippen molar-refractivity contribution in [3.8, 4) is 0 Å². The topological polar surface area (TPSA) is 74.2 Å². The second-order valence-corrected chi connectivity index (χ2v) is 7.15. The molecule has 8 heteroatoms. The summed E-state index contributed by atoms with van der Waals surface area (Å²) >= 11 is 1.41. The summed E-state index contributed by atoms with van der Waals surface area (Å²) in [6.45, 7) is 4.80. The van der Waals surface area contributed by atoms with Gasteiger partial charge >= 0.3 is 0 Å². The van der Waals surface area contributed by atoms with Crippen LogP contribution in [0.3, 0.4) is 0 Å². The van der Waals surface area contributed by atoms with Gasteiger partial charge in [0.15, 0.2) is 5.13 Å². The minimum atomic E-state index is -0.0304. The summed E-state index contributed by atoms with van der Waals surface area (Å²) in [6, 6.07) is 11.6. The molecule has 1 saturated heterocycles. The van der Waals surface area contributed by atoms with E-state index in [1.165, 1.54) is 11.3 Å². The summed E-state index contributed by atoms with van der Waals surface area (Å²) in [4.78, 5) is 30.0. The molecule has 1 fully saturated rings. The fourth-order valence-electron chi connectivity index (χ4n) is 2.99. The molecular weight excluding hydrogens is 360 g/mol. The normalized spacial score (nSPS) is 14.3. The molecule has 0 aromatic carbocycles. The number of nitrogens with one attached hydrogen (secondary N) is 1. The quantitative estimate of drug-likeness (QED) is 0.750. The summed E-state index contributed by atoms with van der Waals surface area (Å²) in [7, 11) is 0. The predicted octanol–water partition coefficient (Wildman–Crippen LogP) is 2.95. The highest BCUT2D eigenvalue weighted by Crippen LogP contribution is 2.21. The summed E-state index contributed by atoms with van der Waals surface area (Å²) in [5, 5.41) is 5.63. The molecule has 3 aromatic rings. The van der Waals surface area contributed by atoms with Gasteiger partial charge in [-0.3, -0.25) is 4.79 Å².